The van der Waals surface area contributed by atoms with E-state index in [9.17, 15) is 0 Å². The number of hydrogen-bond acceptors (Lipinski definition) is 3. The Morgan fingerprint density at radius 2 is 1.77 bits per heavy atom. The molecule has 1 aromatic heterocycles. The summed E-state index contributed by atoms with van der Waals surface area (Å²) in [6.07, 6.45) is 2.38. The maximum Gasteiger partial charge on any atom is 0.119 e. The number of aliphatic hydroxyl groups excluding tert-OH is 1. The van der Waals surface area contributed by atoms with Gasteiger partial charge < -0.3 is 20.1 Å². The van der Waals surface area contributed by atoms with Crippen molar-refractivity contribution >= 4 is 10.9 Å². The van der Waals surface area contributed by atoms with Gasteiger partial charge in [-0.3, -0.25) is 0 Å². The van der Waals surface area contributed by atoms with Gasteiger partial charge in [-0.2, -0.15) is 0 Å². The van der Waals surface area contributed by atoms with Crippen molar-refractivity contribution in [1.29, 1.82) is 0 Å². The summed E-state index contributed by atoms with van der Waals surface area (Å²) in [5, 5.41) is 12.9. The van der Waals surface area contributed by atoms with Gasteiger partial charge in [-0.15, -0.1) is 0 Å². The average Bonchev–Trinajstić information content (AvgIpc) is 3.47. The first kappa shape index (κ1) is 21.2. The van der Waals surface area contributed by atoms with Gasteiger partial charge in [0.05, 0.1) is 6.61 Å². The van der Waals surface area contributed by atoms with Gasteiger partial charge >= 0.3 is 0 Å². The average molecular weight is 415 g/mol. The summed E-state index contributed by atoms with van der Waals surface area (Å²) < 4.78 is 5.85. The lowest BCUT2D eigenvalue weighted by Gasteiger charge is -2.08. The molecule has 160 valence electrons. The predicted octanol–water partition coefficient (Wildman–Crippen LogP) is 5.45. The van der Waals surface area contributed by atoms with Gasteiger partial charge in [0.15, 0.2) is 0 Å². The first-order valence-electron chi connectivity index (χ1n) is 10.9. The Hall–Kier alpha value is -3.08. The lowest BCUT2D eigenvalue weighted by Crippen LogP contribution is -2.24. The van der Waals surface area contributed by atoms with Crippen molar-refractivity contribution in [2.45, 2.75) is 32.4 Å². The standard InChI is InChI=1S/C22H19NO.C5H11NO/c1-16-12-20-14-19(10-11-22(20)23-16)18-7-5-6-17(13-18)15-24-21-8-3-2-4-9-21;7-4-5-2-1-3-6-5/h2-14,23H,15H2,1H3;5-7H,1-4H2. The number of hydrogen-bond donors (Lipinski definition) is 3. The first-order valence-corrected chi connectivity index (χ1v) is 10.9. The second-order valence-electron chi connectivity index (χ2n) is 8.03. The quantitative estimate of drug-likeness (QED) is 0.407. The summed E-state index contributed by atoms with van der Waals surface area (Å²) >= 11 is 0. The molecule has 4 aromatic rings. The topological polar surface area (TPSA) is 57.3 Å². The van der Waals surface area contributed by atoms with E-state index in [0.717, 1.165) is 18.7 Å². The van der Waals surface area contributed by atoms with Crippen molar-refractivity contribution in [2.75, 3.05) is 13.2 Å². The molecule has 0 amide bonds. The first-order chi connectivity index (χ1) is 15.2. The van der Waals surface area contributed by atoms with Crippen LogP contribution in [0.15, 0.2) is 78.9 Å². The van der Waals surface area contributed by atoms with Gasteiger partial charge in [0.1, 0.15) is 12.4 Å². The third-order valence-electron chi connectivity index (χ3n) is 5.55. The molecule has 0 saturated carbocycles. The molecule has 3 aromatic carbocycles. The second-order valence-corrected chi connectivity index (χ2v) is 8.03. The lowest BCUT2D eigenvalue weighted by molar-refractivity contribution is 0.255. The Labute approximate surface area is 183 Å². The number of aromatic nitrogens is 1. The van der Waals surface area contributed by atoms with Gasteiger partial charge in [-0.05, 0) is 79.4 Å². The zero-order valence-corrected chi connectivity index (χ0v) is 18.0. The van der Waals surface area contributed by atoms with Gasteiger partial charge in [0, 0.05) is 22.6 Å². The maximum absolute atomic E-state index is 8.50. The Morgan fingerprint density at radius 3 is 2.52 bits per heavy atom. The number of H-pyrrole nitrogens is 1. The number of nitrogens with one attached hydrogen (secondary N) is 2. The minimum absolute atomic E-state index is 0.306. The molecule has 1 aliphatic heterocycles. The van der Waals surface area contributed by atoms with E-state index >= 15 is 0 Å². The Balaban J connectivity index is 0.000000282. The highest BCUT2D eigenvalue weighted by Gasteiger charge is 2.10. The van der Waals surface area contributed by atoms with Crippen LogP contribution >= 0.6 is 0 Å². The molecule has 0 spiro atoms. The molecule has 31 heavy (non-hydrogen) atoms. The van der Waals surface area contributed by atoms with E-state index in [1.54, 1.807) is 0 Å². The predicted molar refractivity (Wildman–Crippen MR) is 127 cm³/mol. The highest BCUT2D eigenvalue weighted by molar-refractivity contribution is 5.85. The number of para-hydroxylation sites is 1. The number of aryl methyl sites for hydroxylation is 1. The van der Waals surface area contributed by atoms with Crippen molar-refractivity contribution < 1.29 is 9.84 Å². The largest absolute Gasteiger partial charge is 0.489 e. The zero-order chi connectivity index (χ0) is 21.5. The smallest absolute Gasteiger partial charge is 0.119 e. The summed E-state index contributed by atoms with van der Waals surface area (Å²) in [5.41, 5.74) is 5.97. The number of rotatable bonds is 5. The zero-order valence-electron chi connectivity index (χ0n) is 18.0. The van der Waals surface area contributed by atoms with Crippen LogP contribution in [0.4, 0.5) is 0 Å². The normalized spacial score (nSPS) is 15.5. The Morgan fingerprint density at radius 1 is 0.935 bits per heavy atom. The lowest BCUT2D eigenvalue weighted by atomic mass is 10.0. The molecule has 0 bridgehead atoms. The fourth-order valence-corrected chi connectivity index (χ4v) is 3.89. The molecule has 0 aliphatic carbocycles. The van der Waals surface area contributed by atoms with Crippen LogP contribution in [0.1, 0.15) is 24.1 Å². The van der Waals surface area contributed by atoms with Gasteiger partial charge in [0.25, 0.3) is 0 Å². The van der Waals surface area contributed by atoms with Crippen molar-refractivity contribution in [3.8, 4) is 16.9 Å². The molecule has 5 rings (SSSR count). The van der Waals surface area contributed by atoms with E-state index in [-0.39, 0.29) is 0 Å². The highest BCUT2D eigenvalue weighted by atomic mass is 16.5. The number of aliphatic hydroxyl groups is 1. The third-order valence-corrected chi connectivity index (χ3v) is 5.55. The summed E-state index contributed by atoms with van der Waals surface area (Å²) in [5.74, 6) is 0.895. The molecule has 1 saturated heterocycles. The van der Waals surface area contributed by atoms with E-state index in [2.05, 4.69) is 65.8 Å². The molecule has 3 N–H and O–H groups in total. The van der Waals surface area contributed by atoms with E-state index < -0.39 is 0 Å². The molecule has 1 unspecified atom stereocenters. The van der Waals surface area contributed by atoms with E-state index in [1.165, 1.54) is 39.7 Å². The van der Waals surface area contributed by atoms with Crippen LogP contribution in [0.3, 0.4) is 0 Å². The summed E-state index contributed by atoms with van der Waals surface area (Å²) in [7, 11) is 0. The Bertz CT molecular complexity index is 1100. The number of benzene rings is 3. The minimum atomic E-state index is 0.306. The van der Waals surface area contributed by atoms with E-state index in [0.29, 0.717) is 19.3 Å². The molecule has 1 fully saturated rings. The maximum atomic E-state index is 8.50. The Kier molecular flexibility index (Phi) is 7.03. The fraction of sp³-hybridized carbons (Fsp3) is 0.259. The van der Waals surface area contributed by atoms with E-state index in [1.807, 2.05) is 30.3 Å². The number of aromatic amines is 1. The second kappa shape index (κ2) is 10.3. The molecule has 4 heteroatoms. The van der Waals surface area contributed by atoms with Crippen LogP contribution in [0.5, 0.6) is 5.75 Å². The van der Waals surface area contributed by atoms with Gasteiger partial charge in [-0.25, -0.2) is 0 Å². The number of ether oxygens (including phenoxy) is 1. The third kappa shape index (κ3) is 5.75. The van der Waals surface area contributed by atoms with Crippen molar-refractivity contribution in [1.82, 2.24) is 10.3 Å². The fourth-order valence-electron chi connectivity index (χ4n) is 3.89. The van der Waals surface area contributed by atoms with Crippen LogP contribution in [0.25, 0.3) is 22.0 Å². The van der Waals surface area contributed by atoms with Gasteiger partial charge in [-0.1, -0.05) is 42.5 Å². The van der Waals surface area contributed by atoms with Crippen molar-refractivity contribution in [3.05, 3.63) is 90.1 Å². The molecular weight excluding hydrogens is 384 g/mol. The van der Waals surface area contributed by atoms with Gasteiger partial charge in [0.2, 0.25) is 0 Å². The summed E-state index contributed by atoms with van der Waals surface area (Å²) in [4.78, 5) is 3.37. The van der Waals surface area contributed by atoms with Crippen molar-refractivity contribution in [3.63, 3.8) is 0 Å². The van der Waals surface area contributed by atoms with Crippen LogP contribution < -0.4 is 10.1 Å². The van der Waals surface area contributed by atoms with Crippen LogP contribution in [-0.4, -0.2) is 29.3 Å². The van der Waals surface area contributed by atoms with Crippen LogP contribution in [-0.2, 0) is 6.61 Å². The molecular formula is C27H30N2O2. The van der Waals surface area contributed by atoms with Crippen LogP contribution in [0, 0.1) is 6.92 Å². The monoisotopic (exact) mass is 414 g/mol. The summed E-state index contributed by atoms with van der Waals surface area (Å²) in [6, 6.07) is 27.6. The van der Waals surface area contributed by atoms with Crippen LogP contribution in [0.2, 0.25) is 0 Å². The molecule has 4 nitrogen and oxygen atoms in total. The minimum Gasteiger partial charge on any atom is -0.489 e. The number of fused-ring (bicyclic) bond motifs is 1. The molecule has 1 aliphatic rings. The molecule has 0 radical (unpaired) electrons. The highest BCUT2D eigenvalue weighted by Crippen LogP contribution is 2.26. The SMILES string of the molecule is Cc1cc2cc(-c3cccc(COc4ccccc4)c3)ccc2[nH]1.OCC1CCCN1. The van der Waals surface area contributed by atoms with Crippen molar-refractivity contribution in [2.24, 2.45) is 0 Å². The molecule has 1 atom stereocenters. The molecule has 2 heterocycles. The summed E-state index contributed by atoms with van der Waals surface area (Å²) in [6.45, 7) is 4.05. The van der Waals surface area contributed by atoms with E-state index in [4.69, 9.17) is 9.84 Å².